The number of hydrogen-bond donors (Lipinski definition) is 1. The van der Waals surface area contributed by atoms with Crippen LogP contribution in [0.25, 0.3) is 0 Å². The maximum absolute atomic E-state index is 14.6. The zero-order chi connectivity index (χ0) is 15.4. The van der Waals surface area contributed by atoms with Crippen molar-refractivity contribution < 1.29 is 4.39 Å². The van der Waals surface area contributed by atoms with Gasteiger partial charge in [-0.1, -0.05) is 19.9 Å². The van der Waals surface area contributed by atoms with Crippen molar-refractivity contribution in [1.82, 2.24) is 5.32 Å². The Bertz CT molecular complexity index is 455. The Morgan fingerprint density at radius 2 is 2.00 bits per heavy atom. The van der Waals surface area contributed by atoms with E-state index in [4.69, 9.17) is 0 Å². The van der Waals surface area contributed by atoms with Crippen LogP contribution in [0.1, 0.15) is 43.0 Å². The monoisotopic (exact) mass is 327 g/mol. The van der Waals surface area contributed by atoms with Crippen molar-refractivity contribution in [3.8, 4) is 0 Å². The second kappa shape index (κ2) is 7.89. The summed E-state index contributed by atoms with van der Waals surface area (Å²) in [5.74, 6) is 2.32. The minimum Gasteiger partial charge on any atom is -0.309 e. The topological polar surface area (TPSA) is 12.0 Å². The standard InChI is InChI=1S/C17H26FNS2/c1-5-6-19-16(17-13(4)20-7-8-21-17)15-12(3)9-11(2)10-14(15)18/h9-10,13,16-17,19H,5-8H2,1-4H3. The van der Waals surface area contributed by atoms with Crippen LogP contribution in [-0.4, -0.2) is 28.6 Å². The lowest BCUT2D eigenvalue weighted by Gasteiger charge is -2.36. The molecule has 0 spiro atoms. The Labute approximate surface area is 136 Å². The number of halogens is 1. The summed E-state index contributed by atoms with van der Waals surface area (Å²) in [7, 11) is 0. The first kappa shape index (κ1) is 17.2. The zero-order valence-corrected chi connectivity index (χ0v) is 15.0. The van der Waals surface area contributed by atoms with Crippen LogP contribution < -0.4 is 5.32 Å². The van der Waals surface area contributed by atoms with Gasteiger partial charge in [-0.25, -0.2) is 4.39 Å². The third-order valence-corrected chi connectivity index (χ3v) is 7.17. The third kappa shape index (κ3) is 4.17. The van der Waals surface area contributed by atoms with Gasteiger partial charge in [0.25, 0.3) is 0 Å². The quantitative estimate of drug-likeness (QED) is 0.840. The van der Waals surface area contributed by atoms with Gasteiger partial charge in [0.15, 0.2) is 0 Å². The van der Waals surface area contributed by atoms with Crippen molar-refractivity contribution in [2.75, 3.05) is 18.1 Å². The molecule has 0 radical (unpaired) electrons. The van der Waals surface area contributed by atoms with Gasteiger partial charge in [0, 0.05) is 33.6 Å². The molecule has 1 aliphatic heterocycles. The lowest BCUT2D eigenvalue weighted by molar-refractivity contribution is 0.479. The fourth-order valence-electron chi connectivity index (χ4n) is 3.02. The summed E-state index contributed by atoms with van der Waals surface area (Å²) in [6, 6.07) is 3.89. The molecular weight excluding hydrogens is 301 g/mol. The largest absolute Gasteiger partial charge is 0.309 e. The molecule has 3 atom stereocenters. The van der Waals surface area contributed by atoms with Crippen LogP contribution in [-0.2, 0) is 0 Å². The van der Waals surface area contributed by atoms with Crippen molar-refractivity contribution in [2.24, 2.45) is 0 Å². The number of thioether (sulfide) groups is 2. The van der Waals surface area contributed by atoms with Crippen molar-refractivity contribution in [1.29, 1.82) is 0 Å². The summed E-state index contributed by atoms with van der Waals surface area (Å²) in [6.07, 6.45) is 1.07. The summed E-state index contributed by atoms with van der Waals surface area (Å²) in [4.78, 5) is 0. The lowest BCUT2D eigenvalue weighted by atomic mass is 9.94. The van der Waals surface area contributed by atoms with E-state index in [1.165, 1.54) is 5.75 Å². The van der Waals surface area contributed by atoms with E-state index in [0.29, 0.717) is 10.5 Å². The summed E-state index contributed by atoms with van der Waals surface area (Å²) < 4.78 is 14.6. The molecule has 1 nitrogen and oxygen atoms in total. The first-order valence-corrected chi connectivity index (χ1v) is 9.87. The van der Waals surface area contributed by atoms with Gasteiger partial charge in [0.05, 0.1) is 0 Å². The van der Waals surface area contributed by atoms with Gasteiger partial charge in [-0.3, -0.25) is 0 Å². The summed E-state index contributed by atoms with van der Waals surface area (Å²) in [5, 5.41) is 4.60. The van der Waals surface area contributed by atoms with E-state index in [-0.39, 0.29) is 11.9 Å². The van der Waals surface area contributed by atoms with Gasteiger partial charge < -0.3 is 5.32 Å². The van der Waals surface area contributed by atoms with Gasteiger partial charge in [-0.15, -0.1) is 0 Å². The third-order valence-electron chi connectivity index (χ3n) is 3.97. The highest BCUT2D eigenvalue weighted by atomic mass is 32.2. The zero-order valence-electron chi connectivity index (χ0n) is 13.4. The van der Waals surface area contributed by atoms with Crippen LogP contribution >= 0.6 is 23.5 Å². The molecular formula is C17H26FNS2. The van der Waals surface area contributed by atoms with Crippen molar-refractivity contribution in [2.45, 2.75) is 50.7 Å². The molecule has 0 aromatic heterocycles. The second-order valence-electron chi connectivity index (χ2n) is 5.82. The molecule has 3 unspecified atom stereocenters. The molecule has 1 fully saturated rings. The van der Waals surface area contributed by atoms with Crippen LogP contribution in [0.15, 0.2) is 12.1 Å². The first-order valence-electron chi connectivity index (χ1n) is 7.77. The SMILES string of the molecule is CCCNC(c1c(C)cc(C)cc1F)C1SCCSC1C. The second-order valence-corrected chi connectivity index (χ2v) is 8.59. The molecule has 1 heterocycles. The Balaban J connectivity index is 2.35. The van der Waals surface area contributed by atoms with Crippen LogP contribution in [0.5, 0.6) is 0 Å². The smallest absolute Gasteiger partial charge is 0.128 e. The number of aryl methyl sites for hydroxylation is 2. The number of rotatable bonds is 5. The highest BCUT2D eigenvalue weighted by Crippen LogP contribution is 2.40. The van der Waals surface area contributed by atoms with E-state index in [0.717, 1.165) is 35.4 Å². The molecule has 2 rings (SSSR count). The molecule has 1 aromatic rings. The molecule has 0 amide bonds. The van der Waals surface area contributed by atoms with Gasteiger partial charge in [0.2, 0.25) is 0 Å². The molecule has 0 saturated carbocycles. The van der Waals surface area contributed by atoms with Crippen LogP contribution in [0.4, 0.5) is 4.39 Å². The molecule has 1 saturated heterocycles. The van der Waals surface area contributed by atoms with Crippen LogP contribution in [0, 0.1) is 19.7 Å². The summed E-state index contributed by atoms with van der Waals surface area (Å²) in [6.45, 7) is 9.38. The average Bonchev–Trinajstić information content (AvgIpc) is 2.42. The minimum absolute atomic E-state index is 0.0514. The highest BCUT2D eigenvalue weighted by molar-refractivity contribution is 8.07. The molecule has 118 valence electrons. The Hall–Kier alpha value is -0.190. The Morgan fingerprint density at radius 1 is 1.29 bits per heavy atom. The predicted octanol–water partition coefficient (Wildman–Crippen LogP) is 4.72. The molecule has 0 aliphatic carbocycles. The van der Waals surface area contributed by atoms with Crippen molar-refractivity contribution in [3.05, 3.63) is 34.6 Å². The minimum atomic E-state index is -0.0514. The average molecular weight is 328 g/mol. The Kier molecular flexibility index (Phi) is 6.45. The molecule has 1 aliphatic rings. The van der Waals surface area contributed by atoms with Gasteiger partial charge in [-0.2, -0.15) is 23.5 Å². The van der Waals surface area contributed by atoms with Gasteiger partial charge in [0.1, 0.15) is 5.82 Å². The molecule has 21 heavy (non-hydrogen) atoms. The van der Waals surface area contributed by atoms with E-state index in [1.54, 1.807) is 6.07 Å². The van der Waals surface area contributed by atoms with Crippen LogP contribution in [0.2, 0.25) is 0 Å². The lowest BCUT2D eigenvalue weighted by Crippen LogP contribution is -2.39. The molecule has 4 heteroatoms. The van der Waals surface area contributed by atoms with E-state index in [1.807, 2.05) is 37.4 Å². The van der Waals surface area contributed by atoms with Crippen molar-refractivity contribution in [3.63, 3.8) is 0 Å². The fourth-order valence-corrected chi connectivity index (χ4v) is 5.95. The summed E-state index contributed by atoms with van der Waals surface area (Å²) in [5.41, 5.74) is 2.95. The van der Waals surface area contributed by atoms with Crippen molar-refractivity contribution >= 4 is 23.5 Å². The first-order chi connectivity index (χ1) is 10.0. The maximum Gasteiger partial charge on any atom is 0.128 e. The highest BCUT2D eigenvalue weighted by Gasteiger charge is 2.33. The van der Waals surface area contributed by atoms with Crippen LogP contribution in [0.3, 0.4) is 0 Å². The van der Waals surface area contributed by atoms with E-state index in [9.17, 15) is 4.39 Å². The number of hydrogen-bond acceptors (Lipinski definition) is 3. The predicted molar refractivity (Wildman–Crippen MR) is 95.1 cm³/mol. The van der Waals surface area contributed by atoms with E-state index < -0.39 is 0 Å². The maximum atomic E-state index is 14.6. The number of benzene rings is 1. The molecule has 1 aromatic carbocycles. The van der Waals surface area contributed by atoms with E-state index >= 15 is 0 Å². The van der Waals surface area contributed by atoms with Gasteiger partial charge in [-0.05, 0) is 44.0 Å². The molecule has 0 bridgehead atoms. The fraction of sp³-hybridized carbons (Fsp3) is 0.647. The number of nitrogens with one attached hydrogen (secondary N) is 1. The summed E-state index contributed by atoms with van der Waals surface area (Å²) >= 11 is 4.01. The normalized spacial score (nSPS) is 24.0. The Morgan fingerprint density at radius 3 is 2.62 bits per heavy atom. The van der Waals surface area contributed by atoms with Gasteiger partial charge >= 0.3 is 0 Å². The molecule has 1 N–H and O–H groups in total. The van der Waals surface area contributed by atoms with E-state index in [2.05, 4.69) is 25.2 Å².